The van der Waals surface area contributed by atoms with Gasteiger partial charge < -0.3 is 10.5 Å². The maximum atomic E-state index is 7.30. The lowest BCUT2D eigenvalue weighted by Gasteiger charge is -2.04. The molecule has 0 unspecified atom stereocenters. The molecular weight excluding hydrogens is 178 g/mol. The van der Waals surface area contributed by atoms with Crippen LogP contribution in [0.25, 0.3) is 0 Å². The van der Waals surface area contributed by atoms with Gasteiger partial charge in [-0.3, -0.25) is 5.41 Å². The molecule has 0 aliphatic carbocycles. The normalized spacial score (nSPS) is 9.50. The van der Waals surface area contributed by atoms with Crippen molar-refractivity contribution < 1.29 is 4.74 Å². The fourth-order valence-corrected chi connectivity index (χ4v) is 0.910. The lowest BCUT2D eigenvalue weighted by atomic mass is 10.2. The Morgan fingerprint density at radius 3 is 2.92 bits per heavy atom. The van der Waals surface area contributed by atoms with Crippen molar-refractivity contribution in [3.05, 3.63) is 23.0 Å². The van der Waals surface area contributed by atoms with Crippen molar-refractivity contribution in [1.29, 1.82) is 5.41 Å². The fourth-order valence-electron chi connectivity index (χ4n) is 0.744. The number of aromatic nitrogens is 1. The van der Waals surface area contributed by atoms with Gasteiger partial charge in [0, 0.05) is 11.9 Å². The topological polar surface area (TPSA) is 72.0 Å². The van der Waals surface area contributed by atoms with Gasteiger partial charge in [-0.25, -0.2) is 4.98 Å². The van der Waals surface area contributed by atoms with Gasteiger partial charge in [-0.15, -0.1) is 0 Å². The third-order valence-electron chi connectivity index (χ3n) is 1.35. The molecule has 1 rings (SSSR count). The Morgan fingerprint density at radius 2 is 2.42 bits per heavy atom. The highest BCUT2D eigenvalue weighted by Crippen LogP contribution is 2.15. The number of nitrogens with two attached hydrogens (primary N) is 1. The van der Waals surface area contributed by atoms with Crippen LogP contribution in [-0.2, 0) is 4.74 Å². The van der Waals surface area contributed by atoms with Crippen molar-refractivity contribution in [2.45, 2.75) is 0 Å². The van der Waals surface area contributed by atoms with Crippen LogP contribution in [-0.4, -0.2) is 18.0 Å². The Morgan fingerprint density at radius 1 is 1.75 bits per heavy atom. The third kappa shape index (κ3) is 1.65. The first-order valence-electron chi connectivity index (χ1n) is 3.19. The van der Waals surface area contributed by atoms with E-state index in [4.69, 9.17) is 22.7 Å². The van der Waals surface area contributed by atoms with Gasteiger partial charge in [0.2, 0.25) is 5.90 Å². The summed E-state index contributed by atoms with van der Waals surface area (Å²) in [6, 6.07) is 1.48. The molecular formula is C7H8ClN3O. The number of ether oxygens (including phenoxy) is 1. The van der Waals surface area contributed by atoms with Gasteiger partial charge in [0.15, 0.2) is 0 Å². The number of hydrogen-bond donors (Lipinski definition) is 2. The van der Waals surface area contributed by atoms with Crippen LogP contribution in [0.1, 0.15) is 5.56 Å². The van der Waals surface area contributed by atoms with Crippen LogP contribution in [0.5, 0.6) is 0 Å². The van der Waals surface area contributed by atoms with Crippen molar-refractivity contribution in [3.8, 4) is 0 Å². The summed E-state index contributed by atoms with van der Waals surface area (Å²) in [4.78, 5) is 3.77. The maximum absolute atomic E-state index is 7.30. The Bertz CT molecular complexity index is 314. The van der Waals surface area contributed by atoms with E-state index in [1.54, 1.807) is 0 Å². The number of halogens is 1. The van der Waals surface area contributed by atoms with E-state index in [0.717, 1.165) is 0 Å². The lowest BCUT2D eigenvalue weighted by molar-refractivity contribution is 0.401. The molecule has 0 aliphatic heterocycles. The van der Waals surface area contributed by atoms with Gasteiger partial charge in [0.05, 0.1) is 12.7 Å². The van der Waals surface area contributed by atoms with Gasteiger partial charge in [0.1, 0.15) is 5.15 Å². The quantitative estimate of drug-likeness (QED) is 0.394. The number of rotatable bonds is 1. The molecule has 1 aromatic heterocycles. The number of methoxy groups -OCH3 is 1. The molecule has 0 saturated heterocycles. The van der Waals surface area contributed by atoms with E-state index in [2.05, 4.69) is 9.72 Å². The molecule has 0 saturated carbocycles. The van der Waals surface area contributed by atoms with Crippen LogP contribution in [0.2, 0.25) is 5.15 Å². The van der Waals surface area contributed by atoms with Gasteiger partial charge in [0.25, 0.3) is 0 Å². The molecule has 3 N–H and O–H groups in total. The molecule has 0 radical (unpaired) electrons. The summed E-state index contributed by atoms with van der Waals surface area (Å²) in [7, 11) is 1.40. The zero-order valence-electron chi connectivity index (χ0n) is 6.47. The Hall–Kier alpha value is -1.29. The van der Waals surface area contributed by atoms with Crippen molar-refractivity contribution in [2.24, 2.45) is 0 Å². The summed E-state index contributed by atoms with van der Waals surface area (Å²) in [5.74, 6) is -0.0170. The van der Waals surface area contributed by atoms with Crippen LogP contribution < -0.4 is 5.73 Å². The summed E-state index contributed by atoms with van der Waals surface area (Å²) < 4.78 is 4.68. The van der Waals surface area contributed by atoms with Crippen molar-refractivity contribution >= 4 is 23.2 Å². The number of nitrogens with zero attached hydrogens (tertiary/aromatic N) is 1. The van der Waals surface area contributed by atoms with Crippen molar-refractivity contribution in [2.75, 3.05) is 12.8 Å². The Balaban J connectivity index is 3.09. The first-order valence-corrected chi connectivity index (χ1v) is 3.57. The second-order valence-electron chi connectivity index (χ2n) is 2.13. The minimum atomic E-state index is -0.0170. The molecule has 0 aliphatic rings. The standard InChI is InChI=1S/C7H8ClN3O/c1-12-7(10)4-3-11-6(8)2-5(4)9/h2-3,10H,1H3,(H2,9,11). The van der Waals surface area contributed by atoms with Crippen LogP contribution >= 0.6 is 11.6 Å². The first-order chi connectivity index (χ1) is 5.65. The number of hydrogen-bond acceptors (Lipinski definition) is 4. The van der Waals surface area contributed by atoms with E-state index in [-0.39, 0.29) is 5.90 Å². The molecule has 1 heterocycles. The van der Waals surface area contributed by atoms with E-state index in [1.807, 2.05) is 0 Å². The highest BCUT2D eigenvalue weighted by Gasteiger charge is 2.06. The number of nitrogen functional groups attached to an aromatic ring is 1. The second-order valence-corrected chi connectivity index (χ2v) is 2.51. The van der Waals surface area contributed by atoms with E-state index >= 15 is 0 Å². The summed E-state index contributed by atoms with van der Waals surface area (Å²) >= 11 is 5.56. The highest BCUT2D eigenvalue weighted by molar-refractivity contribution is 6.29. The van der Waals surface area contributed by atoms with Crippen LogP contribution in [0.15, 0.2) is 12.3 Å². The zero-order chi connectivity index (χ0) is 9.14. The predicted molar refractivity (Wildman–Crippen MR) is 47.5 cm³/mol. The average Bonchev–Trinajstić information content (AvgIpc) is 2.03. The smallest absolute Gasteiger partial charge is 0.216 e. The highest BCUT2D eigenvalue weighted by atomic mass is 35.5. The van der Waals surface area contributed by atoms with E-state index in [9.17, 15) is 0 Å². The number of anilines is 1. The van der Waals surface area contributed by atoms with Crippen LogP contribution in [0.3, 0.4) is 0 Å². The molecule has 0 atom stereocenters. The van der Waals surface area contributed by atoms with Gasteiger partial charge >= 0.3 is 0 Å². The predicted octanol–water partition coefficient (Wildman–Crippen LogP) is 1.29. The van der Waals surface area contributed by atoms with E-state index in [1.165, 1.54) is 19.4 Å². The summed E-state index contributed by atoms with van der Waals surface area (Å²) in [5.41, 5.74) is 6.39. The summed E-state index contributed by atoms with van der Waals surface area (Å²) in [5, 5.41) is 7.61. The molecule has 0 fully saturated rings. The van der Waals surface area contributed by atoms with Crippen LogP contribution in [0.4, 0.5) is 5.69 Å². The van der Waals surface area contributed by atoms with Gasteiger partial charge in [-0.2, -0.15) is 0 Å². The minimum absolute atomic E-state index is 0.0170. The molecule has 0 amide bonds. The molecule has 0 aromatic carbocycles. The number of nitrogens with one attached hydrogen (secondary N) is 1. The minimum Gasteiger partial charge on any atom is -0.481 e. The Labute approximate surface area is 74.8 Å². The maximum Gasteiger partial charge on any atom is 0.216 e. The zero-order valence-corrected chi connectivity index (χ0v) is 7.22. The van der Waals surface area contributed by atoms with E-state index in [0.29, 0.717) is 16.4 Å². The lowest BCUT2D eigenvalue weighted by Crippen LogP contribution is -2.06. The first kappa shape index (κ1) is 8.80. The van der Waals surface area contributed by atoms with Crippen molar-refractivity contribution in [1.82, 2.24) is 4.98 Å². The molecule has 4 nitrogen and oxygen atoms in total. The van der Waals surface area contributed by atoms with Crippen LogP contribution in [0, 0.1) is 5.41 Å². The second kappa shape index (κ2) is 3.40. The monoisotopic (exact) mass is 185 g/mol. The molecule has 0 bridgehead atoms. The molecule has 1 aromatic rings. The van der Waals surface area contributed by atoms with Crippen molar-refractivity contribution in [3.63, 3.8) is 0 Å². The SMILES string of the molecule is COC(=N)c1cnc(Cl)cc1N. The van der Waals surface area contributed by atoms with E-state index < -0.39 is 0 Å². The summed E-state index contributed by atoms with van der Waals surface area (Å²) in [6.45, 7) is 0. The Kier molecular flexibility index (Phi) is 2.50. The summed E-state index contributed by atoms with van der Waals surface area (Å²) in [6.07, 6.45) is 1.41. The molecule has 5 heteroatoms. The van der Waals surface area contributed by atoms with Gasteiger partial charge in [-0.05, 0) is 6.07 Å². The molecule has 0 spiro atoms. The average molecular weight is 186 g/mol. The molecule has 12 heavy (non-hydrogen) atoms. The number of pyridine rings is 1. The van der Waals surface area contributed by atoms with Gasteiger partial charge in [-0.1, -0.05) is 11.6 Å². The largest absolute Gasteiger partial charge is 0.481 e. The third-order valence-corrected chi connectivity index (χ3v) is 1.56. The fraction of sp³-hybridized carbons (Fsp3) is 0.143. The molecule has 64 valence electrons.